The van der Waals surface area contributed by atoms with E-state index in [4.69, 9.17) is 0 Å². The highest BCUT2D eigenvalue weighted by Gasteiger charge is 2.18. The Morgan fingerprint density at radius 1 is 1.18 bits per heavy atom. The van der Waals surface area contributed by atoms with Gasteiger partial charge in [0.15, 0.2) is 6.29 Å². The molecule has 4 nitrogen and oxygen atoms in total. The van der Waals surface area contributed by atoms with Crippen molar-refractivity contribution in [3.05, 3.63) is 64.6 Å². The van der Waals surface area contributed by atoms with Crippen LogP contribution in [0.1, 0.15) is 40.4 Å². The number of rotatable bonds is 7. The third kappa shape index (κ3) is 4.08. The first-order chi connectivity index (χ1) is 13.3. The van der Waals surface area contributed by atoms with Crippen LogP contribution in [0, 0.1) is 26.6 Å². The highest BCUT2D eigenvalue weighted by molar-refractivity contribution is 7.83. The van der Waals surface area contributed by atoms with Gasteiger partial charge < -0.3 is 4.57 Å². The van der Waals surface area contributed by atoms with E-state index in [-0.39, 0.29) is 11.9 Å². The van der Waals surface area contributed by atoms with Gasteiger partial charge in [0.1, 0.15) is 16.8 Å². The summed E-state index contributed by atoms with van der Waals surface area (Å²) in [5.74, 6) is -0.370. The third-order valence-electron chi connectivity index (χ3n) is 4.97. The summed E-state index contributed by atoms with van der Waals surface area (Å²) in [4.78, 5) is 12.2. The molecule has 0 saturated heterocycles. The molecule has 148 valence electrons. The summed E-state index contributed by atoms with van der Waals surface area (Å²) in [5, 5.41) is 0.594. The molecule has 1 heterocycles. The molecule has 2 atom stereocenters. The summed E-state index contributed by atoms with van der Waals surface area (Å²) in [6.07, 6.45) is 3.23. The van der Waals surface area contributed by atoms with Crippen molar-refractivity contribution >= 4 is 28.2 Å². The molecule has 0 spiro atoms. The number of nitrogens with zero attached hydrogens (tertiary/aromatic N) is 1. The maximum Gasteiger partial charge on any atom is 0.152 e. The summed E-state index contributed by atoms with van der Waals surface area (Å²) in [7, 11) is -1.34. The number of aryl methyl sites for hydroxylation is 3. The smallest absolute Gasteiger partial charge is 0.152 e. The molecule has 1 unspecified atom stereocenters. The second-order valence-corrected chi connectivity index (χ2v) is 8.42. The maximum atomic E-state index is 13.6. The van der Waals surface area contributed by atoms with Gasteiger partial charge in [0.2, 0.25) is 0 Å². The van der Waals surface area contributed by atoms with Crippen molar-refractivity contribution in [1.29, 1.82) is 0 Å². The van der Waals surface area contributed by atoms with Crippen LogP contribution in [0.15, 0.2) is 41.4 Å². The minimum Gasteiger partial charge on any atom is -0.345 e. The van der Waals surface area contributed by atoms with Crippen LogP contribution in [0.4, 0.5) is 4.39 Å². The number of carbonyl (C=O) groups is 1. The fourth-order valence-corrected chi connectivity index (χ4v) is 5.06. The van der Waals surface area contributed by atoms with Gasteiger partial charge >= 0.3 is 0 Å². The van der Waals surface area contributed by atoms with E-state index < -0.39 is 11.0 Å². The van der Waals surface area contributed by atoms with Gasteiger partial charge in [0.25, 0.3) is 0 Å². The van der Waals surface area contributed by atoms with Crippen molar-refractivity contribution in [3.8, 4) is 0 Å². The van der Waals surface area contributed by atoms with Crippen LogP contribution in [-0.4, -0.2) is 21.1 Å². The van der Waals surface area contributed by atoms with Gasteiger partial charge in [-0.25, -0.2) is 13.3 Å². The molecule has 0 radical (unpaired) electrons. The summed E-state index contributed by atoms with van der Waals surface area (Å²) < 4.78 is 31.7. The zero-order valence-corrected chi connectivity index (χ0v) is 17.4. The molecule has 0 aliphatic rings. The first-order valence-corrected chi connectivity index (χ1v) is 10.5. The number of aldehydes is 1. The number of carbonyl (C=O) groups excluding carboxylic acids is 1. The SMILES string of the molecule is CC[C@@H](Cn1cc(C=O)c2cc(F)ccc21)NS(=O)c1c(C)cc(C)cc1C. The molecule has 3 rings (SSSR count). The van der Waals surface area contributed by atoms with Crippen molar-refractivity contribution in [1.82, 2.24) is 9.29 Å². The number of nitrogens with one attached hydrogen (secondary N) is 1. The minimum absolute atomic E-state index is 0.0684. The Hall–Kier alpha value is -2.31. The van der Waals surface area contributed by atoms with Gasteiger partial charge in [-0.2, -0.15) is 0 Å². The van der Waals surface area contributed by atoms with Crippen LogP contribution < -0.4 is 4.72 Å². The summed E-state index contributed by atoms with van der Waals surface area (Å²) >= 11 is 0. The van der Waals surface area contributed by atoms with Crippen molar-refractivity contribution in [2.24, 2.45) is 0 Å². The van der Waals surface area contributed by atoms with Crippen LogP contribution in [0.2, 0.25) is 0 Å². The van der Waals surface area contributed by atoms with Crippen LogP contribution in [-0.2, 0) is 17.5 Å². The number of aromatic nitrogens is 1. The third-order valence-corrected chi connectivity index (χ3v) is 6.54. The predicted molar refractivity (Wildman–Crippen MR) is 112 cm³/mol. The largest absolute Gasteiger partial charge is 0.345 e. The van der Waals surface area contributed by atoms with Crippen molar-refractivity contribution in [2.45, 2.75) is 51.6 Å². The Kier molecular flexibility index (Phi) is 6.10. The van der Waals surface area contributed by atoms with Gasteiger partial charge in [-0.3, -0.25) is 4.79 Å². The zero-order valence-electron chi connectivity index (χ0n) is 16.6. The normalized spacial score (nSPS) is 13.6. The number of hydrogen-bond donors (Lipinski definition) is 1. The van der Waals surface area contributed by atoms with Gasteiger partial charge in [-0.1, -0.05) is 24.6 Å². The van der Waals surface area contributed by atoms with E-state index in [0.29, 0.717) is 17.5 Å². The second kappa shape index (κ2) is 8.37. The second-order valence-electron chi connectivity index (χ2n) is 7.24. The Bertz CT molecular complexity index is 1040. The van der Waals surface area contributed by atoms with Gasteiger partial charge in [0, 0.05) is 35.2 Å². The number of hydrogen-bond acceptors (Lipinski definition) is 2. The molecule has 0 amide bonds. The molecule has 0 aliphatic carbocycles. The lowest BCUT2D eigenvalue weighted by Gasteiger charge is -2.20. The molecule has 1 N–H and O–H groups in total. The van der Waals surface area contributed by atoms with Gasteiger partial charge in [-0.15, -0.1) is 0 Å². The minimum atomic E-state index is -1.34. The highest BCUT2D eigenvalue weighted by Crippen LogP contribution is 2.23. The lowest BCUT2D eigenvalue weighted by molar-refractivity contribution is 0.112. The van der Waals surface area contributed by atoms with Gasteiger partial charge in [-0.05, 0) is 56.5 Å². The molecule has 0 aliphatic heterocycles. The van der Waals surface area contributed by atoms with Gasteiger partial charge in [0.05, 0.1) is 4.90 Å². The topological polar surface area (TPSA) is 51.1 Å². The molecule has 2 aromatic carbocycles. The average Bonchev–Trinajstić information content (AvgIpc) is 2.96. The van der Waals surface area contributed by atoms with E-state index in [0.717, 1.165) is 39.8 Å². The number of benzene rings is 2. The van der Waals surface area contributed by atoms with Crippen LogP contribution in [0.3, 0.4) is 0 Å². The molecule has 6 heteroatoms. The van der Waals surface area contributed by atoms with E-state index in [1.807, 2.05) is 44.4 Å². The average molecular weight is 401 g/mol. The predicted octanol–water partition coefficient (Wildman–Crippen LogP) is 4.61. The molecule has 1 aromatic heterocycles. The van der Waals surface area contributed by atoms with E-state index in [2.05, 4.69) is 4.72 Å². The lowest BCUT2D eigenvalue weighted by atomic mass is 10.1. The van der Waals surface area contributed by atoms with E-state index in [1.54, 1.807) is 12.3 Å². The van der Waals surface area contributed by atoms with E-state index in [1.165, 1.54) is 12.1 Å². The number of halogens is 1. The fourth-order valence-electron chi connectivity index (χ4n) is 3.70. The fraction of sp³-hybridized carbons (Fsp3) is 0.318. The first-order valence-electron chi connectivity index (χ1n) is 9.33. The standard InChI is InChI=1S/C22H25FN2O2S/c1-5-19(24-28(27)22-15(3)8-14(2)9-16(22)4)12-25-11-17(13-26)20-10-18(23)6-7-21(20)25/h6-11,13,19,24H,5,12H2,1-4H3/t19-,28?/m0/s1. The first kappa shape index (κ1) is 20.4. The lowest BCUT2D eigenvalue weighted by Crippen LogP contribution is -2.34. The Morgan fingerprint density at radius 2 is 1.86 bits per heavy atom. The van der Waals surface area contributed by atoms with Crippen molar-refractivity contribution in [2.75, 3.05) is 0 Å². The molecule has 0 fully saturated rings. The molecule has 0 bridgehead atoms. The summed E-state index contributed by atoms with van der Waals surface area (Å²) in [5.41, 5.74) is 4.40. The molecule has 28 heavy (non-hydrogen) atoms. The molecule has 3 aromatic rings. The number of fused-ring (bicyclic) bond motifs is 1. The van der Waals surface area contributed by atoms with Crippen LogP contribution >= 0.6 is 0 Å². The quantitative estimate of drug-likeness (QED) is 0.589. The summed E-state index contributed by atoms with van der Waals surface area (Å²) in [6.45, 7) is 8.53. The Labute approximate surface area is 167 Å². The molecular formula is C22H25FN2O2S. The van der Waals surface area contributed by atoms with Crippen molar-refractivity contribution in [3.63, 3.8) is 0 Å². The van der Waals surface area contributed by atoms with E-state index in [9.17, 15) is 13.4 Å². The molecule has 0 saturated carbocycles. The zero-order chi connectivity index (χ0) is 20.4. The van der Waals surface area contributed by atoms with Crippen LogP contribution in [0.25, 0.3) is 10.9 Å². The molecular weight excluding hydrogens is 375 g/mol. The Morgan fingerprint density at radius 3 is 2.46 bits per heavy atom. The Balaban J connectivity index is 1.87. The summed E-state index contributed by atoms with van der Waals surface area (Å²) in [6, 6.07) is 8.44. The van der Waals surface area contributed by atoms with Crippen LogP contribution in [0.5, 0.6) is 0 Å². The highest BCUT2D eigenvalue weighted by atomic mass is 32.2. The maximum absolute atomic E-state index is 13.6. The van der Waals surface area contributed by atoms with E-state index >= 15 is 0 Å². The van der Waals surface area contributed by atoms with Crippen molar-refractivity contribution < 1.29 is 13.4 Å². The monoisotopic (exact) mass is 400 g/mol.